The number of ether oxygens (including phenoxy) is 3. The van der Waals surface area contributed by atoms with Gasteiger partial charge in [-0.1, -0.05) is 6.58 Å². The smallest absolute Gasteiger partial charge is 0.374 e. The highest BCUT2D eigenvalue weighted by molar-refractivity contribution is 5.98. The number of esters is 3. The molecule has 0 rings (SSSR count). The molecule has 0 amide bonds. The zero-order chi connectivity index (χ0) is 14.1. The second kappa shape index (κ2) is 8.05. The van der Waals surface area contributed by atoms with Gasteiger partial charge in [0, 0.05) is 5.57 Å². The number of hydrogen-bond donors (Lipinski definition) is 0. The minimum Gasteiger partial charge on any atom is -0.463 e. The Labute approximate surface area is 105 Å². The zero-order valence-electron chi connectivity index (χ0n) is 10.6. The Morgan fingerprint density at radius 2 is 1.61 bits per heavy atom. The van der Waals surface area contributed by atoms with Crippen molar-refractivity contribution in [3.63, 3.8) is 0 Å². The van der Waals surface area contributed by atoms with Crippen LogP contribution in [-0.2, 0) is 28.6 Å². The van der Waals surface area contributed by atoms with E-state index in [9.17, 15) is 14.4 Å². The van der Waals surface area contributed by atoms with Gasteiger partial charge in [-0.2, -0.15) is 0 Å². The lowest BCUT2D eigenvalue weighted by atomic mass is 10.3. The molecule has 0 aromatic heterocycles. The van der Waals surface area contributed by atoms with Gasteiger partial charge in [-0.15, -0.1) is 0 Å². The van der Waals surface area contributed by atoms with E-state index in [1.807, 2.05) is 0 Å². The first-order valence-corrected chi connectivity index (χ1v) is 5.35. The van der Waals surface area contributed by atoms with Crippen LogP contribution in [0, 0.1) is 0 Å². The summed E-state index contributed by atoms with van der Waals surface area (Å²) in [5.74, 6) is -3.06. The van der Waals surface area contributed by atoms with Gasteiger partial charge in [-0.3, -0.25) is 0 Å². The molecular weight excluding hydrogens is 240 g/mol. The van der Waals surface area contributed by atoms with Crippen molar-refractivity contribution in [2.75, 3.05) is 13.2 Å². The lowest BCUT2D eigenvalue weighted by molar-refractivity contribution is -0.150. The van der Waals surface area contributed by atoms with Crippen molar-refractivity contribution in [3.8, 4) is 0 Å². The third-order valence-electron chi connectivity index (χ3n) is 1.56. The van der Waals surface area contributed by atoms with E-state index in [4.69, 9.17) is 4.74 Å². The molecule has 0 fully saturated rings. The molecule has 0 radical (unpaired) electrons. The molecule has 0 bridgehead atoms. The summed E-state index contributed by atoms with van der Waals surface area (Å²) in [6.07, 6.45) is 0.766. The van der Waals surface area contributed by atoms with Gasteiger partial charge in [0.1, 0.15) is 0 Å². The number of carbonyl (C=O) groups excluding carboxylic acids is 3. The molecule has 0 N–H and O–H groups in total. The Kier molecular flexibility index (Phi) is 7.11. The molecule has 0 spiro atoms. The summed E-state index contributed by atoms with van der Waals surface area (Å²) in [5.41, 5.74) is 0.0917. The van der Waals surface area contributed by atoms with Crippen LogP contribution in [0.4, 0.5) is 0 Å². The number of rotatable bonds is 6. The number of hydrogen-bond acceptors (Lipinski definition) is 6. The van der Waals surface area contributed by atoms with Gasteiger partial charge < -0.3 is 14.2 Å². The van der Waals surface area contributed by atoms with Gasteiger partial charge >= 0.3 is 17.9 Å². The molecule has 6 heteroatoms. The lowest BCUT2D eigenvalue weighted by Crippen LogP contribution is -2.17. The van der Waals surface area contributed by atoms with Gasteiger partial charge in [-0.05, 0) is 20.8 Å². The fraction of sp³-hybridized carbons (Fsp3) is 0.417. The molecule has 0 aromatic rings. The van der Waals surface area contributed by atoms with Crippen molar-refractivity contribution >= 4 is 17.9 Å². The predicted molar refractivity (Wildman–Crippen MR) is 62.3 cm³/mol. The molecular formula is C12H16O6. The molecule has 0 aliphatic rings. The van der Waals surface area contributed by atoms with Crippen molar-refractivity contribution in [2.24, 2.45) is 0 Å². The van der Waals surface area contributed by atoms with Crippen molar-refractivity contribution < 1.29 is 28.6 Å². The molecule has 0 aliphatic carbocycles. The molecule has 0 saturated heterocycles. The maximum absolute atomic E-state index is 11.4. The average Bonchev–Trinajstić information content (AvgIpc) is 2.28. The quantitative estimate of drug-likeness (QED) is 0.306. The van der Waals surface area contributed by atoms with Gasteiger partial charge in [0.25, 0.3) is 0 Å². The van der Waals surface area contributed by atoms with Crippen LogP contribution in [0.15, 0.2) is 24.0 Å². The standard InChI is InChI=1S/C12H16O6/c1-5-16-10(13)7-9(12(15)17-6-2)18-11(14)8(3)4/h7H,3,5-6H2,1-2,4H3/b9-7+. The van der Waals surface area contributed by atoms with Crippen LogP contribution in [0.2, 0.25) is 0 Å². The molecule has 0 heterocycles. The fourth-order valence-electron chi connectivity index (χ4n) is 0.810. The summed E-state index contributed by atoms with van der Waals surface area (Å²) in [6, 6.07) is 0. The van der Waals surface area contributed by atoms with Crippen LogP contribution >= 0.6 is 0 Å². The van der Waals surface area contributed by atoms with Crippen LogP contribution in [0.5, 0.6) is 0 Å². The summed E-state index contributed by atoms with van der Waals surface area (Å²) >= 11 is 0. The minimum atomic E-state index is -0.917. The molecule has 18 heavy (non-hydrogen) atoms. The van der Waals surface area contributed by atoms with E-state index >= 15 is 0 Å². The maximum Gasteiger partial charge on any atom is 0.374 e. The summed E-state index contributed by atoms with van der Waals surface area (Å²) in [6.45, 7) is 8.19. The van der Waals surface area contributed by atoms with Gasteiger partial charge in [0.2, 0.25) is 5.76 Å². The minimum absolute atomic E-state index is 0.0869. The second-order valence-electron chi connectivity index (χ2n) is 3.15. The van der Waals surface area contributed by atoms with E-state index < -0.39 is 23.7 Å². The fourth-order valence-corrected chi connectivity index (χ4v) is 0.810. The Hall–Kier alpha value is -2.11. The van der Waals surface area contributed by atoms with E-state index in [0.717, 1.165) is 6.08 Å². The van der Waals surface area contributed by atoms with Crippen molar-refractivity contribution in [2.45, 2.75) is 20.8 Å². The van der Waals surface area contributed by atoms with Crippen molar-refractivity contribution in [1.29, 1.82) is 0 Å². The zero-order valence-corrected chi connectivity index (χ0v) is 10.6. The summed E-state index contributed by atoms with van der Waals surface area (Å²) in [7, 11) is 0. The summed E-state index contributed by atoms with van der Waals surface area (Å²) in [5, 5.41) is 0. The van der Waals surface area contributed by atoms with E-state index in [0.29, 0.717) is 0 Å². The van der Waals surface area contributed by atoms with Crippen LogP contribution in [-0.4, -0.2) is 31.1 Å². The molecule has 6 nitrogen and oxygen atoms in total. The highest BCUT2D eigenvalue weighted by atomic mass is 16.6. The molecule has 0 aromatic carbocycles. The Bertz CT molecular complexity index is 380. The normalized spacial score (nSPS) is 10.5. The van der Waals surface area contributed by atoms with Crippen LogP contribution < -0.4 is 0 Å². The van der Waals surface area contributed by atoms with Gasteiger partial charge in [-0.25, -0.2) is 14.4 Å². The van der Waals surface area contributed by atoms with Crippen LogP contribution in [0.3, 0.4) is 0 Å². The highest BCUT2D eigenvalue weighted by Crippen LogP contribution is 2.06. The molecule has 0 unspecified atom stereocenters. The van der Waals surface area contributed by atoms with Gasteiger partial charge in [0.15, 0.2) is 0 Å². The molecule has 100 valence electrons. The first-order valence-electron chi connectivity index (χ1n) is 5.35. The third kappa shape index (κ3) is 5.83. The van der Waals surface area contributed by atoms with Crippen molar-refractivity contribution in [3.05, 3.63) is 24.0 Å². The number of carbonyl (C=O) groups is 3. The monoisotopic (exact) mass is 256 g/mol. The maximum atomic E-state index is 11.4. The highest BCUT2D eigenvalue weighted by Gasteiger charge is 2.19. The third-order valence-corrected chi connectivity index (χ3v) is 1.56. The van der Waals surface area contributed by atoms with E-state index in [1.54, 1.807) is 13.8 Å². The average molecular weight is 256 g/mol. The summed E-state index contributed by atoms with van der Waals surface area (Å²) < 4.78 is 13.9. The second-order valence-corrected chi connectivity index (χ2v) is 3.15. The van der Waals surface area contributed by atoms with Crippen LogP contribution in [0.25, 0.3) is 0 Å². The first kappa shape index (κ1) is 15.9. The lowest BCUT2D eigenvalue weighted by Gasteiger charge is -2.07. The van der Waals surface area contributed by atoms with Crippen LogP contribution in [0.1, 0.15) is 20.8 Å². The topological polar surface area (TPSA) is 78.9 Å². The van der Waals surface area contributed by atoms with Crippen molar-refractivity contribution in [1.82, 2.24) is 0 Å². The predicted octanol–water partition coefficient (Wildman–Crippen LogP) is 1.12. The summed E-state index contributed by atoms with van der Waals surface area (Å²) in [4.78, 5) is 33.9. The van der Waals surface area contributed by atoms with E-state index in [2.05, 4.69) is 16.1 Å². The molecule has 0 atom stereocenters. The molecule has 0 aliphatic heterocycles. The molecule has 0 saturated carbocycles. The largest absolute Gasteiger partial charge is 0.463 e. The van der Waals surface area contributed by atoms with E-state index in [-0.39, 0.29) is 18.8 Å². The van der Waals surface area contributed by atoms with E-state index in [1.165, 1.54) is 6.92 Å². The SMILES string of the molecule is C=C(C)C(=O)O/C(=C/C(=O)OCC)C(=O)OCC. The Morgan fingerprint density at radius 1 is 1.06 bits per heavy atom. The Balaban J connectivity index is 4.93. The van der Waals surface area contributed by atoms with Gasteiger partial charge in [0.05, 0.1) is 19.3 Å². The Morgan fingerprint density at radius 3 is 2.06 bits per heavy atom. The first-order chi connectivity index (χ1) is 8.42.